The molecule has 1 unspecified atom stereocenters. The van der Waals surface area contributed by atoms with Crippen molar-refractivity contribution >= 4 is 81.1 Å². The molecule has 2 aliphatic rings. The largest absolute Gasteiger partial charge is 0.310 e. The van der Waals surface area contributed by atoms with E-state index in [0.717, 1.165) is 17.1 Å². The van der Waals surface area contributed by atoms with Crippen LogP contribution in [0.2, 0.25) is 0 Å². The van der Waals surface area contributed by atoms with Gasteiger partial charge < -0.3 is 9.47 Å². The normalized spacial score (nSPS) is 14.8. The van der Waals surface area contributed by atoms with Crippen molar-refractivity contribution in [2.45, 2.75) is 5.41 Å². The first-order valence-electron chi connectivity index (χ1n) is 21.4. The molecule has 0 fully saturated rings. The second-order valence-electron chi connectivity index (χ2n) is 16.8. The Hall–Kier alpha value is -7.72. The fourth-order valence-corrected chi connectivity index (χ4v) is 12.2. The lowest BCUT2D eigenvalue weighted by atomic mass is 9.65. The third-order valence-corrected chi connectivity index (χ3v) is 14.9. The summed E-state index contributed by atoms with van der Waals surface area (Å²) in [6.45, 7) is 0. The quantitative estimate of drug-likeness (QED) is 0.172. The van der Waals surface area contributed by atoms with Gasteiger partial charge in [-0.25, -0.2) is 0 Å². The molecule has 0 saturated heterocycles. The van der Waals surface area contributed by atoms with Crippen molar-refractivity contribution in [2.24, 2.45) is 0 Å². The van der Waals surface area contributed by atoms with Crippen molar-refractivity contribution in [1.29, 1.82) is 0 Å². The second-order valence-corrected chi connectivity index (χ2v) is 17.9. The summed E-state index contributed by atoms with van der Waals surface area (Å²) in [5, 5.41) is 7.64. The van der Waals surface area contributed by atoms with Crippen LogP contribution in [-0.4, -0.2) is 4.57 Å². The third kappa shape index (κ3) is 4.53. The van der Waals surface area contributed by atoms with Gasteiger partial charge in [0.1, 0.15) is 0 Å². The van der Waals surface area contributed by atoms with E-state index >= 15 is 0 Å². The van der Waals surface area contributed by atoms with Crippen molar-refractivity contribution in [1.82, 2.24) is 4.57 Å². The summed E-state index contributed by atoms with van der Waals surface area (Å²) in [5.41, 5.74) is 17.1. The topological polar surface area (TPSA) is 8.17 Å². The highest BCUT2D eigenvalue weighted by molar-refractivity contribution is 7.25. The standard InChI is InChI=1S/C59H36N2S/c1-2-13-39-34-42(30-26-37(39)12-1)60(43-31-33-57-49(36-43)47-16-5-10-23-56(47)62-57)41-28-24-38(25-29-41)40-27-32-45-44-14-3-6-18-50(44)59(53(45)35-40)51-19-7-9-22-55(51)61-54-21-8-4-15-46(54)48-17-11-20-52(59)58(48)61/h1-36H. The highest BCUT2D eigenvalue weighted by Gasteiger charge is 2.50. The van der Waals surface area contributed by atoms with Gasteiger partial charge in [0, 0.05) is 48.0 Å². The molecule has 1 atom stereocenters. The summed E-state index contributed by atoms with van der Waals surface area (Å²) in [6.07, 6.45) is 0. The predicted molar refractivity (Wildman–Crippen MR) is 262 cm³/mol. The molecular weight excluding hydrogens is 769 g/mol. The molecule has 1 spiro atoms. The average Bonchev–Trinajstić information content (AvgIpc) is 3.98. The Morgan fingerprint density at radius 3 is 1.94 bits per heavy atom. The van der Waals surface area contributed by atoms with Crippen LogP contribution < -0.4 is 4.90 Å². The van der Waals surface area contributed by atoms with Crippen molar-refractivity contribution in [3.63, 3.8) is 0 Å². The number of para-hydroxylation sites is 3. The minimum Gasteiger partial charge on any atom is -0.310 e. The molecule has 12 aromatic rings. The Morgan fingerprint density at radius 1 is 0.371 bits per heavy atom. The number of anilines is 3. The minimum atomic E-state index is -0.486. The first-order valence-corrected chi connectivity index (χ1v) is 22.2. The Morgan fingerprint density at radius 2 is 1.02 bits per heavy atom. The summed E-state index contributed by atoms with van der Waals surface area (Å²) in [6, 6.07) is 81.6. The zero-order chi connectivity index (χ0) is 40.5. The number of benzene rings is 10. The van der Waals surface area contributed by atoms with Gasteiger partial charge in [0.05, 0.1) is 22.1 Å². The number of rotatable bonds is 4. The summed E-state index contributed by atoms with van der Waals surface area (Å²) >= 11 is 1.86. The van der Waals surface area contributed by atoms with Crippen molar-refractivity contribution in [2.75, 3.05) is 4.90 Å². The van der Waals surface area contributed by atoms with E-state index in [1.807, 2.05) is 11.3 Å². The van der Waals surface area contributed by atoms with Crippen LogP contribution in [0, 0.1) is 0 Å². The molecule has 14 rings (SSSR count). The van der Waals surface area contributed by atoms with Crippen molar-refractivity contribution in [3.8, 4) is 27.9 Å². The molecule has 62 heavy (non-hydrogen) atoms. The maximum atomic E-state index is 2.52. The van der Waals surface area contributed by atoms with E-state index in [4.69, 9.17) is 0 Å². The van der Waals surface area contributed by atoms with Crippen LogP contribution in [0.1, 0.15) is 22.3 Å². The highest BCUT2D eigenvalue weighted by atomic mass is 32.1. The van der Waals surface area contributed by atoms with Crippen molar-refractivity contribution < 1.29 is 0 Å². The maximum Gasteiger partial charge on any atom is 0.0754 e. The van der Waals surface area contributed by atoms with Crippen LogP contribution in [0.25, 0.3) is 80.7 Å². The fourth-order valence-electron chi connectivity index (χ4n) is 11.2. The molecule has 0 radical (unpaired) electrons. The summed E-state index contributed by atoms with van der Waals surface area (Å²) in [7, 11) is 0. The van der Waals surface area contributed by atoms with E-state index in [1.165, 1.54) is 103 Å². The molecule has 10 aromatic carbocycles. The van der Waals surface area contributed by atoms with Gasteiger partial charge in [-0.1, -0.05) is 152 Å². The first kappa shape index (κ1) is 34.0. The zero-order valence-electron chi connectivity index (χ0n) is 33.6. The maximum absolute atomic E-state index is 2.52. The predicted octanol–water partition coefficient (Wildman–Crippen LogP) is 16.1. The van der Waals surface area contributed by atoms with Gasteiger partial charge >= 0.3 is 0 Å². The highest BCUT2D eigenvalue weighted by Crippen LogP contribution is 2.61. The Labute approximate surface area is 362 Å². The molecule has 0 bridgehead atoms. The molecule has 3 heteroatoms. The van der Waals surface area contributed by atoms with Crippen LogP contribution in [-0.2, 0) is 5.41 Å². The Bertz CT molecular complexity index is 3830. The number of nitrogens with zero attached hydrogens (tertiary/aromatic N) is 2. The summed E-state index contributed by atoms with van der Waals surface area (Å²) < 4.78 is 5.14. The molecule has 2 aromatic heterocycles. The van der Waals surface area contributed by atoms with Gasteiger partial charge in [-0.3, -0.25) is 0 Å². The van der Waals surface area contributed by atoms with Crippen LogP contribution in [0.4, 0.5) is 17.1 Å². The van der Waals surface area contributed by atoms with Gasteiger partial charge in [0.15, 0.2) is 0 Å². The van der Waals surface area contributed by atoms with Gasteiger partial charge in [0.25, 0.3) is 0 Å². The van der Waals surface area contributed by atoms with E-state index in [9.17, 15) is 0 Å². The number of hydrogen-bond acceptors (Lipinski definition) is 2. The minimum absolute atomic E-state index is 0.486. The first-order chi connectivity index (χ1) is 30.7. The van der Waals surface area contributed by atoms with Gasteiger partial charge in [-0.2, -0.15) is 0 Å². The number of fused-ring (bicyclic) bond motifs is 16. The Balaban J connectivity index is 0.954. The van der Waals surface area contributed by atoms with E-state index in [-0.39, 0.29) is 0 Å². The lowest BCUT2D eigenvalue weighted by Gasteiger charge is -2.39. The molecule has 1 aliphatic heterocycles. The van der Waals surface area contributed by atoms with Crippen molar-refractivity contribution in [3.05, 3.63) is 241 Å². The summed E-state index contributed by atoms with van der Waals surface area (Å²) in [5.74, 6) is 0. The van der Waals surface area contributed by atoms with E-state index < -0.39 is 5.41 Å². The molecule has 0 saturated carbocycles. The van der Waals surface area contributed by atoms with E-state index in [0.29, 0.717) is 0 Å². The molecule has 0 amide bonds. The smallest absolute Gasteiger partial charge is 0.0754 e. The molecule has 288 valence electrons. The second kappa shape index (κ2) is 12.7. The monoisotopic (exact) mass is 804 g/mol. The van der Waals surface area contributed by atoms with Gasteiger partial charge in [0.2, 0.25) is 0 Å². The Kier molecular flexibility index (Phi) is 6.95. The van der Waals surface area contributed by atoms with Gasteiger partial charge in [-0.15, -0.1) is 11.3 Å². The average molecular weight is 805 g/mol. The third-order valence-electron chi connectivity index (χ3n) is 13.8. The summed E-state index contributed by atoms with van der Waals surface area (Å²) in [4.78, 5) is 2.41. The van der Waals surface area contributed by atoms with E-state index in [1.54, 1.807) is 0 Å². The molecule has 1 aliphatic carbocycles. The van der Waals surface area contributed by atoms with Gasteiger partial charge in [-0.05, 0) is 122 Å². The molecule has 2 nitrogen and oxygen atoms in total. The number of hydrogen-bond donors (Lipinski definition) is 0. The SMILES string of the molecule is c1ccc2c(c1)-c1ccc(-c3ccc(N(c4ccc5ccccc5c4)c4ccc5sc6ccccc6c5c4)cc3)cc1C21c2ccccc2-n2c3ccccc3c3cccc1c32. The lowest BCUT2D eigenvalue weighted by molar-refractivity contribution is 0.749. The number of aromatic nitrogens is 1. The van der Waals surface area contributed by atoms with Crippen LogP contribution in [0.3, 0.4) is 0 Å². The zero-order valence-corrected chi connectivity index (χ0v) is 34.4. The molecular formula is C59H36N2S. The van der Waals surface area contributed by atoms with E-state index in [2.05, 4.69) is 228 Å². The van der Waals surface area contributed by atoms with Crippen LogP contribution >= 0.6 is 11.3 Å². The molecule has 0 N–H and O–H groups in total. The van der Waals surface area contributed by atoms with Crippen LogP contribution in [0.5, 0.6) is 0 Å². The number of thiophene rings is 1. The fraction of sp³-hybridized carbons (Fsp3) is 0.0169. The molecule has 3 heterocycles. The lowest BCUT2D eigenvalue weighted by Crippen LogP contribution is -2.33. The van der Waals surface area contributed by atoms with Crippen LogP contribution in [0.15, 0.2) is 218 Å².